The maximum atomic E-state index is 11.6. The Hall–Kier alpha value is -4.53. The highest BCUT2D eigenvalue weighted by molar-refractivity contribution is 7.99. The Morgan fingerprint density at radius 2 is 1.31 bits per heavy atom. The molecule has 0 atom stereocenters. The Morgan fingerprint density at radius 1 is 0.750 bits per heavy atom. The molecule has 3 aromatic heterocycles. The zero-order chi connectivity index (χ0) is 37.1. The van der Waals surface area contributed by atoms with Crippen molar-refractivity contribution in [3.63, 3.8) is 0 Å². The summed E-state index contributed by atoms with van der Waals surface area (Å²) in [6.07, 6.45) is 0. The van der Waals surface area contributed by atoms with Gasteiger partial charge in [0.2, 0.25) is 11.9 Å². The molecular weight excluding hydrogens is 743 g/mol. The van der Waals surface area contributed by atoms with E-state index in [4.69, 9.17) is 4.98 Å². The molecule has 0 aliphatic rings. The van der Waals surface area contributed by atoms with E-state index in [0.29, 0.717) is 38.7 Å². The summed E-state index contributed by atoms with van der Waals surface area (Å²) in [7, 11) is -4.36. The Labute approximate surface area is 314 Å². The van der Waals surface area contributed by atoms with Crippen LogP contribution in [0.1, 0.15) is 27.7 Å². The number of azo groups is 2. The maximum Gasteiger partial charge on any atom is 0.304 e. The molecule has 0 amide bonds. The first-order valence-electron chi connectivity index (χ1n) is 16.4. The molecule has 52 heavy (non-hydrogen) atoms. The maximum absolute atomic E-state index is 11.6. The van der Waals surface area contributed by atoms with Gasteiger partial charge in [0.1, 0.15) is 25.6 Å². The van der Waals surface area contributed by atoms with E-state index in [2.05, 4.69) is 78.6 Å². The molecule has 0 aliphatic heterocycles. The van der Waals surface area contributed by atoms with Crippen molar-refractivity contribution in [2.45, 2.75) is 37.1 Å². The molecular formula is C33H39N11O4S4. The average Bonchev–Trinajstić information content (AvgIpc) is 3.84. The number of aliphatic hydroxyl groups is 1. The van der Waals surface area contributed by atoms with Crippen molar-refractivity contribution in [3.05, 3.63) is 66.0 Å². The van der Waals surface area contributed by atoms with Gasteiger partial charge in [-0.05, 0) is 93.7 Å². The van der Waals surface area contributed by atoms with Gasteiger partial charge < -0.3 is 25.5 Å². The van der Waals surface area contributed by atoms with Gasteiger partial charge in [-0.1, -0.05) is 11.8 Å². The van der Waals surface area contributed by atoms with Crippen LogP contribution < -0.4 is 20.4 Å². The van der Waals surface area contributed by atoms with Gasteiger partial charge in [-0.2, -0.15) is 23.4 Å². The molecule has 15 nitrogen and oxygen atoms in total. The second kappa shape index (κ2) is 18.3. The van der Waals surface area contributed by atoms with Crippen molar-refractivity contribution in [2.75, 3.05) is 59.0 Å². The number of aromatic nitrogens is 3. The lowest BCUT2D eigenvalue weighted by Gasteiger charge is -2.22. The first kappa shape index (κ1) is 38.7. The van der Waals surface area contributed by atoms with Crippen LogP contribution in [0.15, 0.2) is 95.9 Å². The molecule has 0 spiro atoms. The highest BCUT2D eigenvalue weighted by Gasteiger charge is 2.16. The summed E-state index contributed by atoms with van der Waals surface area (Å²) in [5.41, 5.74) is 4.10. The summed E-state index contributed by atoms with van der Waals surface area (Å²) in [5, 5.41) is 37.2. The third-order valence-electron chi connectivity index (χ3n) is 7.49. The van der Waals surface area contributed by atoms with Crippen LogP contribution in [0.2, 0.25) is 0 Å². The van der Waals surface area contributed by atoms with Gasteiger partial charge in [0.15, 0.2) is 5.16 Å². The zero-order valence-corrected chi connectivity index (χ0v) is 32.2. The van der Waals surface area contributed by atoms with Gasteiger partial charge in [0.25, 0.3) is 0 Å². The lowest BCUT2D eigenvalue weighted by atomic mass is 10.2. The molecule has 4 N–H and O–H groups in total. The molecule has 2 aromatic carbocycles. The number of hydrogen-bond donors (Lipinski definition) is 4. The number of rotatable bonds is 18. The molecule has 0 fully saturated rings. The summed E-state index contributed by atoms with van der Waals surface area (Å²) in [6, 6.07) is 18.1. The summed E-state index contributed by atoms with van der Waals surface area (Å²) in [4.78, 5) is 18.4. The topological polar surface area (TPSA) is 193 Å². The molecule has 5 aromatic rings. The SMILES string of the molecule is CCN(CC)c1ccc(/N=N/c2cccs2)c(Nc2nc(Nc3cc(N(CC)CC)ccc3/N=N/c3ccc(S(=O)(=O)O)s3)nc(SCCO)n2)c1. The lowest BCUT2D eigenvalue weighted by Crippen LogP contribution is -2.21. The van der Waals surface area contributed by atoms with E-state index >= 15 is 0 Å². The Morgan fingerprint density at radius 3 is 1.77 bits per heavy atom. The van der Waals surface area contributed by atoms with Gasteiger partial charge in [-0.25, -0.2) is 0 Å². The average molecular weight is 782 g/mol. The molecule has 0 radical (unpaired) electrons. The number of benzene rings is 2. The van der Waals surface area contributed by atoms with E-state index in [1.165, 1.54) is 35.2 Å². The minimum atomic E-state index is -4.36. The molecule has 0 aliphatic carbocycles. The third kappa shape index (κ3) is 10.3. The molecule has 0 saturated carbocycles. The van der Waals surface area contributed by atoms with Gasteiger partial charge in [0.05, 0.1) is 18.0 Å². The lowest BCUT2D eigenvalue weighted by molar-refractivity contribution is 0.322. The number of anilines is 6. The fraction of sp³-hybridized carbons (Fsp3) is 0.303. The van der Waals surface area contributed by atoms with Crippen molar-refractivity contribution < 1.29 is 18.1 Å². The second-order valence-corrected chi connectivity index (χ2v) is 15.5. The van der Waals surface area contributed by atoms with Gasteiger partial charge in [-0.3, -0.25) is 4.55 Å². The molecule has 0 bridgehead atoms. The van der Waals surface area contributed by atoms with E-state index in [1.54, 1.807) is 6.07 Å². The minimum Gasteiger partial charge on any atom is -0.396 e. The molecule has 3 heterocycles. The van der Waals surface area contributed by atoms with Crippen molar-refractivity contribution in [3.8, 4) is 0 Å². The smallest absolute Gasteiger partial charge is 0.304 e. The van der Waals surface area contributed by atoms with E-state index in [1.807, 2.05) is 47.8 Å². The van der Waals surface area contributed by atoms with Crippen LogP contribution in [0.3, 0.4) is 0 Å². The molecule has 5 rings (SSSR count). The van der Waals surface area contributed by atoms with Crippen LogP contribution in [-0.4, -0.2) is 71.6 Å². The van der Waals surface area contributed by atoms with Crippen molar-refractivity contribution in [2.24, 2.45) is 20.5 Å². The van der Waals surface area contributed by atoms with Gasteiger partial charge in [0, 0.05) is 43.3 Å². The molecule has 274 valence electrons. The van der Waals surface area contributed by atoms with E-state index in [9.17, 15) is 18.1 Å². The summed E-state index contributed by atoms with van der Waals surface area (Å²) >= 11 is 3.55. The summed E-state index contributed by atoms with van der Waals surface area (Å²) in [5.74, 6) is 0.809. The van der Waals surface area contributed by atoms with E-state index < -0.39 is 10.1 Å². The Bertz CT molecular complexity index is 2100. The standard InChI is InChI=1S/C33H39N11O4S4/c1-5-43(6-2)22-11-13-24(39-41-28-10-9-18-49-28)26(20-22)34-31-36-32(38-33(37-31)50-19-17-45)35-27-21-23(44(7-3)8-4)12-14-25(27)40-42-29-15-16-30(51-29)52(46,47)48/h9-16,18,20-21,45H,5-8,17,19H2,1-4H3,(H,46,47,48)(H2,34,35,36,37,38)/b41-39+,42-40+. The number of thioether (sulfide) groups is 1. The van der Waals surface area contributed by atoms with Crippen LogP contribution in [-0.2, 0) is 10.1 Å². The number of nitrogens with zero attached hydrogens (tertiary/aromatic N) is 9. The van der Waals surface area contributed by atoms with Crippen LogP contribution in [0, 0.1) is 0 Å². The highest BCUT2D eigenvalue weighted by Crippen LogP contribution is 2.37. The van der Waals surface area contributed by atoms with Crippen LogP contribution in [0.5, 0.6) is 0 Å². The van der Waals surface area contributed by atoms with Gasteiger partial charge in [-0.15, -0.1) is 43.1 Å². The van der Waals surface area contributed by atoms with E-state index in [-0.39, 0.29) is 22.7 Å². The summed E-state index contributed by atoms with van der Waals surface area (Å²) in [6.45, 7) is 11.4. The second-order valence-electron chi connectivity index (χ2n) is 10.8. The molecule has 0 unspecified atom stereocenters. The van der Waals surface area contributed by atoms with Crippen LogP contribution >= 0.6 is 34.4 Å². The summed E-state index contributed by atoms with van der Waals surface area (Å²) < 4.78 is 32.3. The Kier molecular flexibility index (Phi) is 13.6. The predicted molar refractivity (Wildman–Crippen MR) is 211 cm³/mol. The Balaban J connectivity index is 1.55. The fourth-order valence-electron chi connectivity index (χ4n) is 4.94. The molecule has 0 saturated heterocycles. The number of aliphatic hydroxyl groups excluding tert-OH is 1. The number of hydrogen-bond acceptors (Lipinski definition) is 17. The largest absolute Gasteiger partial charge is 0.396 e. The highest BCUT2D eigenvalue weighted by atomic mass is 32.3. The quantitative estimate of drug-likeness (QED) is 0.0374. The predicted octanol–water partition coefficient (Wildman–Crippen LogP) is 9.34. The van der Waals surface area contributed by atoms with Crippen molar-refractivity contribution >= 4 is 101 Å². The third-order valence-corrected chi connectivity index (χ3v) is 11.4. The van der Waals surface area contributed by atoms with E-state index in [0.717, 1.165) is 53.9 Å². The monoisotopic (exact) mass is 781 g/mol. The molecule has 19 heteroatoms. The zero-order valence-electron chi connectivity index (χ0n) is 29.0. The van der Waals surface area contributed by atoms with Crippen LogP contribution in [0.4, 0.5) is 56.0 Å². The van der Waals surface area contributed by atoms with Gasteiger partial charge >= 0.3 is 10.1 Å². The first-order chi connectivity index (χ1) is 25.1. The number of nitrogens with one attached hydrogen (secondary N) is 2. The van der Waals surface area contributed by atoms with Crippen molar-refractivity contribution in [1.29, 1.82) is 0 Å². The normalized spacial score (nSPS) is 11.8. The minimum absolute atomic E-state index is 0.0699. The fourth-order valence-corrected chi connectivity index (χ4v) is 7.54. The first-order valence-corrected chi connectivity index (χ1v) is 20.5. The van der Waals surface area contributed by atoms with Crippen molar-refractivity contribution in [1.82, 2.24) is 15.0 Å². The number of thiophene rings is 2. The van der Waals surface area contributed by atoms with Crippen LogP contribution in [0.25, 0.3) is 0 Å².